The predicted octanol–water partition coefficient (Wildman–Crippen LogP) is 4.17. The van der Waals surface area contributed by atoms with Crippen molar-refractivity contribution in [1.82, 2.24) is 15.2 Å². The molecule has 0 aromatic carbocycles. The van der Waals surface area contributed by atoms with Gasteiger partial charge < -0.3 is 9.73 Å². The highest BCUT2D eigenvalue weighted by Gasteiger charge is 2.19. The number of nitrogens with zero attached hydrogens (tertiary/aromatic N) is 3. The number of hydrogen-bond donors (Lipinski definition) is 1. The third kappa shape index (κ3) is 3.85. The summed E-state index contributed by atoms with van der Waals surface area (Å²) in [7, 11) is 0. The lowest BCUT2D eigenvalue weighted by atomic mass is 9.98. The van der Waals surface area contributed by atoms with E-state index in [0.717, 1.165) is 28.9 Å². The summed E-state index contributed by atoms with van der Waals surface area (Å²) < 4.78 is 5.68. The van der Waals surface area contributed by atoms with E-state index >= 15 is 0 Å². The van der Waals surface area contributed by atoms with E-state index in [0.29, 0.717) is 12.6 Å². The minimum Gasteiger partial charge on any atom is -0.408 e. The molecule has 0 radical (unpaired) electrons. The molecule has 5 nitrogen and oxygen atoms in total. The van der Waals surface area contributed by atoms with Crippen molar-refractivity contribution in [1.29, 1.82) is 0 Å². The highest BCUT2D eigenvalue weighted by Crippen LogP contribution is 2.28. The first-order chi connectivity index (χ1) is 10.5. The van der Waals surface area contributed by atoms with Gasteiger partial charge in [0.1, 0.15) is 0 Å². The van der Waals surface area contributed by atoms with Gasteiger partial charge in [-0.05, 0) is 18.8 Å². The molecule has 1 saturated carbocycles. The molecule has 0 atom stereocenters. The average molecular weight is 320 g/mol. The Hall–Kier alpha value is -1.43. The van der Waals surface area contributed by atoms with Gasteiger partial charge in [-0.3, -0.25) is 0 Å². The standard InChI is InChI=1S/C16H24N4OS/c1-16(2,3)14-18-12(10-22-14)9-17-15-20-19-13(21-15)8-11-6-4-5-7-11/h10-11H,4-9H2,1-3H3,(H,17,20). The summed E-state index contributed by atoms with van der Waals surface area (Å²) in [5.41, 5.74) is 1.12. The van der Waals surface area contributed by atoms with E-state index < -0.39 is 0 Å². The lowest BCUT2D eigenvalue weighted by molar-refractivity contribution is 0.437. The smallest absolute Gasteiger partial charge is 0.315 e. The van der Waals surface area contributed by atoms with Crippen LogP contribution in [-0.4, -0.2) is 15.2 Å². The predicted molar refractivity (Wildman–Crippen MR) is 88.1 cm³/mol. The topological polar surface area (TPSA) is 63.8 Å². The van der Waals surface area contributed by atoms with E-state index in [2.05, 4.69) is 46.6 Å². The lowest BCUT2D eigenvalue weighted by Crippen LogP contribution is -2.11. The van der Waals surface area contributed by atoms with Crippen LogP contribution in [0.5, 0.6) is 0 Å². The highest BCUT2D eigenvalue weighted by atomic mass is 32.1. The van der Waals surface area contributed by atoms with Crippen LogP contribution in [0.1, 0.15) is 63.0 Å². The van der Waals surface area contributed by atoms with Crippen molar-refractivity contribution in [2.75, 3.05) is 5.32 Å². The highest BCUT2D eigenvalue weighted by molar-refractivity contribution is 7.09. The molecule has 120 valence electrons. The molecule has 2 aromatic rings. The normalized spacial score (nSPS) is 16.3. The summed E-state index contributed by atoms with van der Waals surface area (Å²) in [6.45, 7) is 7.15. The fraction of sp³-hybridized carbons (Fsp3) is 0.688. The van der Waals surface area contributed by atoms with E-state index in [9.17, 15) is 0 Å². The van der Waals surface area contributed by atoms with Crippen molar-refractivity contribution in [3.8, 4) is 0 Å². The molecule has 1 N–H and O–H groups in total. The maximum absolute atomic E-state index is 5.68. The summed E-state index contributed by atoms with van der Waals surface area (Å²) in [6, 6.07) is 0.498. The van der Waals surface area contributed by atoms with Gasteiger partial charge in [-0.1, -0.05) is 38.7 Å². The number of nitrogens with one attached hydrogen (secondary N) is 1. The van der Waals surface area contributed by atoms with Crippen molar-refractivity contribution < 1.29 is 4.42 Å². The second-order valence-electron chi connectivity index (χ2n) is 7.10. The number of hydrogen-bond acceptors (Lipinski definition) is 6. The Morgan fingerprint density at radius 3 is 2.73 bits per heavy atom. The summed E-state index contributed by atoms with van der Waals surface area (Å²) in [5.74, 6) is 1.48. The van der Waals surface area contributed by atoms with Crippen LogP contribution in [0, 0.1) is 5.92 Å². The zero-order valence-corrected chi connectivity index (χ0v) is 14.4. The molecule has 0 bridgehead atoms. The van der Waals surface area contributed by atoms with Gasteiger partial charge in [0.25, 0.3) is 0 Å². The van der Waals surface area contributed by atoms with Gasteiger partial charge in [-0.2, -0.15) is 0 Å². The minimum atomic E-state index is 0.0991. The van der Waals surface area contributed by atoms with Gasteiger partial charge >= 0.3 is 6.01 Å². The Kier molecular flexibility index (Phi) is 4.47. The quantitative estimate of drug-likeness (QED) is 0.896. The molecule has 6 heteroatoms. The van der Waals surface area contributed by atoms with Crippen molar-refractivity contribution in [2.45, 2.75) is 64.8 Å². The van der Waals surface area contributed by atoms with Crippen molar-refractivity contribution >= 4 is 17.4 Å². The number of anilines is 1. The Morgan fingerprint density at radius 1 is 1.27 bits per heavy atom. The molecule has 2 aromatic heterocycles. The van der Waals surface area contributed by atoms with Crippen molar-refractivity contribution in [3.63, 3.8) is 0 Å². The molecule has 0 spiro atoms. The first-order valence-electron chi connectivity index (χ1n) is 8.02. The Balaban J connectivity index is 1.53. The van der Waals surface area contributed by atoms with Crippen LogP contribution in [0.2, 0.25) is 0 Å². The van der Waals surface area contributed by atoms with Crippen LogP contribution >= 0.6 is 11.3 Å². The molecule has 3 rings (SSSR count). The summed E-state index contributed by atoms with van der Waals surface area (Å²) in [4.78, 5) is 4.65. The maximum atomic E-state index is 5.68. The largest absolute Gasteiger partial charge is 0.408 e. The molecular weight excluding hydrogens is 296 g/mol. The Labute approximate surface area is 135 Å². The summed E-state index contributed by atoms with van der Waals surface area (Å²) in [5, 5.41) is 14.6. The Morgan fingerprint density at radius 2 is 2.05 bits per heavy atom. The zero-order valence-electron chi connectivity index (χ0n) is 13.6. The van der Waals surface area contributed by atoms with Gasteiger partial charge in [0, 0.05) is 17.2 Å². The molecular formula is C16H24N4OS. The van der Waals surface area contributed by atoms with E-state index in [4.69, 9.17) is 4.42 Å². The minimum absolute atomic E-state index is 0.0991. The first kappa shape index (κ1) is 15.5. The van der Waals surface area contributed by atoms with E-state index in [1.54, 1.807) is 11.3 Å². The van der Waals surface area contributed by atoms with Gasteiger partial charge in [0.15, 0.2) is 0 Å². The van der Waals surface area contributed by atoms with Gasteiger partial charge in [-0.15, -0.1) is 16.4 Å². The average Bonchev–Trinajstić information content (AvgIpc) is 3.17. The van der Waals surface area contributed by atoms with Gasteiger partial charge in [0.05, 0.1) is 17.2 Å². The zero-order chi connectivity index (χ0) is 15.6. The molecule has 1 aliphatic rings. The summed E-state index contributed by atoms with van der Waals surface area (Å²) in [6.07, 6.45) is 6.17. The maximum Gasteiger partial charge on any atom is 0.315 e. The van der Waals surface area contributed by atoms with Crippen LogP contribution in [0.25, 0.3) is 0 Å². The monoisotopic (exact) mass is 320 g/mol. The number of thiazole rings is 1. The molecule has 22 heavy (non-hydrogen) atoms. The van der Waals surface area contributed by atoms with Crippen molar-refractivity contribution in [3.05, 3.63) is 22.0 Å². The van der Waals surface area contributed by atoms with E-state index in [1.807, 2.05) is 0 Å². The molecule has 0 aliphatic heterocycles. The fourth-order valence-electron chi connectivity index (χ4n) is 2.77. The molecule has 2 heterocycles. The first-order valence-corrected chi connectivity index (χ1v) is 8.90. The van der Waals surface area contributed by atoms with Crippen molar-refractivity contribution in [2.24, 2.45) is 5.92 Å². The van der Waals surface area contributed by atoms with Crippen LogP contribution in [0.3, 0.4) is 0 Å². The molecule has 0 unspecified atom stereocenters. The van der Waals surface area contributed by atoms with Gasteiger partial charge in [0.2, 0.25) is 5.89 Å². The fourth-order valence-corrected chi connectivity index (χ4v) is 3.68. The molecule has 0 amide bonds. The van der Waals surface area contributed by atoms with Crippen LogP contribution < -0.4 is 5.32 Å². The Bertz CT molecular complexity index is 608. The SMILES string of the molecule is CC(C)(C)c1nc(CNc2nnc(CC3CCCC3)o2)cs1. The third-order valence-electron chi connectivity index (χ3n) is 4.02. The second-order valence-corrected chi connectivity index (χ2v) is 7.96. The number of aromatic nitrogens is 3. The van der Waals surface area contributed by atoms with Crippen LogP contribution in [-0.2, 0) is 18.4 Å². The second kappa shape index (κ2) is 6.36. The third-order valence-corrected chi connectivity index (χ3v) is 5.34. The van der Waals surface area contributed by atoms with E-state index in [1.165, 1.54) is 25.7 Å². The lowest BCUT2D eigenvalue weighted by Gasteiger charge is -2.13. The molecule has 1 aliphatic carbocycles. The van der Waals surface area contributed by atoms with Crippen LogP contribution in [0.4, 0.5) is 6.01 Å². The summed E-state index contributed by atoms with van der Waals surface area (Å²) >= 11 is 1.70. The molecule has 0 saturated heterocycles. The molecule has 1 fully saturated rings. The van der Waals surface area contributed by atoms with Crippen LogP contribution in [0.15, 0.2) is 9.80 Å². The number of rotatable bonds is 5. The van der Waals surface area contributed by atoms with E-state index in [-0.39, 0.29) is 5.41 Å². The van der Waals surface area contributed by atoms with Gasteiger partial charge in [-0.25, -0.2) is 4.98 Å².